The summed E-state index contributed by atoms with van der Waals surface area (Å²) < 4.78 is 0. The Bertz CT molecular complexity index is 559. The van der Waals surface area contributed by atoms with Crippen LogP contribution in [0, 0.1) is 6.92 Å². The van der Waals surface area contributed by atoms with Crippen LogP contribution in [0.3, 0.4) is 0 Å². The van der Waals surface area contributed by atoms with Crippen molar-refractivity contribution in [3.05, 3.63) is 68.2 Å². The van der Waals surface area contributed by atoms with Crippen LogP contribution in [0.25, 0.3) is 0 Å². The maximum absolute atomic E-state index is 6.23. The van der Waals surface area contributed by atoms with Gasteiger partial charge in [-0.1, -0.05) is 59.9 Å². The Morgan fingerprint density at radius 3 is 2.05 bits per heavy atom. The molecule has 0 aromatic heterocycles. The summed E-state index contributed by atoms with van der Waals surface area (Å²) in [5.41, 5.74) is 3.25. The first-order valence-corrected chi connectivity index (χ1v) is 7.60. The Labute approximate surface area is 134 Å². The monoisotopic (exact) mass is 327 g/mol. The zero-order chi connectivity index (χ0) is 14.7. The molecule has 0 amide bonds. The van der Waals surface area contributed by atoms with Gasteiger partial charge in [-0.3, -0.25) is 0 Å². The summed E-state index contributed by atoms with van der Waals surface area (Å²) in [5, 5.41) is 5.34. The fourth-order valence-corrected chi connectivity index (χ4v) is 2.61. The largest absolute Gasteiger partial charge is 0.307 e. The minimum atomic E-state index is 0.0490. The molecule has 0 aliphatic rings. The van der Waals surface area contributed by atoms with E-state index in [0.29, 0.717) is 10.0 Å². The van der Waals surface area contributed by atoms with Gasteiger partial charge >= 0.3 is 0 Å². The van der Waals surface area contributed by atoms with Crippen LogP contribution in [-0.2, 0) is 0 Å². The van der Waals surface area contributed by atoms with Crippen molar-refractivity contribution < 1.29 is 0 Å². The van der Waals surface area contributed by atoms with E-state index in [0.717, 1.165) is 28.3 Å². The van der Waals surface area contributed by atoms with Gasteiger partial charge in [-0.25, -0.2) is 0 Å². The number of halogens is 3. The quantitative estimate of drug-likeness (QED) is 0.764. The highest BCUT2D eigenvalue weighted by atomic mass is 35.5. The van der Waals surface area contributed by atoms with E-state index < -0.39 is 0 Å². The first kappa shape index (κ1) is 15.7. The van der Waals surface area contributed by atoms with E-state index >= 15 is 0 Å². The molecule has 0 aliphatic heterocycles. The van der Waals surface area contributed by atoms with Crippen LogP contribution in [0.5, 0.6) is 0 Å². The highest BCUT2D eigenvalue weighted by Crippen LogP contribution is 2.30. The molecule has 4 heteroatoms. The van der Waals surface area contributed by atoms with Crippen LogP contribution in [0.2, 0.25) is 15.1 Å². The van der Waals surface area contributed by atoms with E-state index in [1.807, 2.05) is 37.3 Å². The summed E-state index contributed by atoms with van der Waals surface area (Å²) in [6, 6.07) is 11.8. The first-order chi connectivity index (χ1) is 9.52. The standard InChI is InChI=1S/C16H16Cl3N/c1-3-20-16(11-5-4-10(2)14(18)8-11)12-6-7-13(17)15(19)9-12/h4-9,16,20H,3H2,1-2H3. The Morgan fingerprint density at radius 2 is 1.50 bits per heavy atom. The Morgan fingerprint density at radius 1 is 0.900 bits per heavy atom. The lowest BCUT2D eigenvalue weighted by Gasteiger charge is -2.20. The van der Waals surface area contributed by atoms with Crippen molar-refractivity contribution in [3.63, 3.8) is 0 Å². The molecule has 20 heavy (non-hydrogen) atoms. The lowest BCUT2D eigenvalue weighted by atomic mass is 9.98. The van der Waals surface area contributed by atoms with Gasteiger partial charge in [-0.15, -0.1) is 0 Å². The Hall–Kier alpha value is -0.730. The highest BCUT2D eigenvalue weighted by Gasteiger charge is 2.15. The normalized spacial score (nSPS) is 12.4. The lowest BCUT2D eigenvalue weighted by Crippen LogP contribution is -2.22. The topological polar surface area (TPSA) is 12.0 Å². The van der Waals surface area contributed by atoms with E-state index in [1.54, 1.807) is 0 Å². The van der Waals surface area contributed by atoms with Crippen molar-refractivity contribution in [1.82, 2.24) is 5.32 Å². The molecule has 0 fully saturated rings. The molecule has 0 spiro atoms. The van der Waals surface area contributed by atoms with Crippen LogP contribution >= 0.6 is 34.8 Å². The van der Waals surface area contributed by atoms with E-state index in [1.165, 1.54) is 0 Å². The van der Waals surface area contributed by atoms with Gasteiger partial charge in [0.25, 0.3) is 0 Å². The van der Waals surface area contributed by atoms with Crippen molar-refractivity contribution in [2.75, 3.05) is 6.54 Å². The summed E-state index contributed by atoms with van der Waals surface area (Å²) in [4.78, 5) is 0. The molecule has 0 saturated heterocycles. The van der Waals surface area contributed by atoms with Gasteiger partial charge in [-0.05, 0) is 48.4 Å². The van der Waals surface area contributed by atoms with Crippen LogP contribution in [0.1, 0.15) is 29.7 Å². The molecule has 2 rings (SSSR count). The zero-order valence-electron chi connectivity index (χ0n) is 11.4. The van der Waals surface area contributed by atoms with Crippen LogP contribution in [-0.4, -0.2) is 6.54 Å². The molecule has 1 atom stereocenters. The molecule has 106 valence electrons. The molecule has 1 nitrogen and oxygen atoms in total. The predicted molar refractivity (Wildman–Crippen MR) is 88.2 cm³/mol. The molecule has 2 aromatic carbocycles. The SMILES string of the molecule is CCNC(c1ccc(C)c(Cl)c1)c1ccc(Cl)c(Cl)c1. The average molecular weight is 329 g/mol. The van der Waals surface area contributed by atoms with Gasteiger partial charge in [-0.2, -0.15) is 0 Å². The fourth-order valence-electron chi connectivity index (χ4n) is 2.11. The minimum absolute atomic E-state index is 0.0490. The molecular weight excluding hydrogens is 313 g/mol. The van der Waals surface area contributed by atoms with Crippen LogP contribution < -0.4 is 5.32 Å². The summed E-state index contributed by atoms with van der Waals surface area (Å²) in [7, 11) is 0. The molecule has 0 heterocycles. The van der Waals surface area contributed by atoms with Crippen molar-refractivity contribution >= 4 is 34.8 Å². The average Bonchev–Trinajstić information content (AvgIpc) is 2.43. The molecule has 0 saturated carbocycles. The van der Waals surface area contributed by atoms with Gasteiger partial charge in [0.15, 0.2) is 0 Å². The third kappa shape index (κ3) is 3.48. The summed E-state index contributed by atoms with van der Waals surface area (Å²) in [6.07, 6.45) is 0. The molecule has 0 aliphatic carbocycles. The summed E-state index contributed by atoms with van der Waals surface area (Å²) >= 11 is 18.3. The molecular formula is C16H16Cl3N. The highest BCUT2D eigenvalue weighted by molar-refractivity contribution is 6.42. The molecule has 0 radical (unpaired) electrons. The summed E-state index contributed by atoms with van der Waals surface area (Å²) in [5.74, 6) is 0. The Kier molecular flexibility index (Phi) is 5.34. The second kappa shape index (κ2) is 6.82. The van der Waals surface area contributed by atoms with E-state index in [9.17, 15) is 0 Å². The number of hydrogen-bond donors (Lipinski definition) is 1. The zero-order valence-corrected chi connectivity index (χ0v) is 13.7. The van der Waals surface area contributed by atoms with Crippen LogP contribution in [0.4, 0.5) is 0 Å². The van der Waals surface area contributed by atoms with Crippen molar-refractivity contribution in [2.45, 2.75) is 19.9 Å². The second-order valence-electron chi connectivity index (χ2n) is 4.67. The Balaban J connectivity index is 2.44. The van der Waals surface area contributed by atoms with Gasteiger partial charge in [0.05, 0.1) is 16.1 Å². The van der Waals surface area contributed by atoms with E-state index in [2.05, 4.69) is 18.3 Å². The third-order valence-electron chi connectivity index (χ3n) is 3.21. The fraction of sp³-hybridized carbons (Fsp3) is 0.250. The maximum Gasteiger partial charge on any atom is 0.0595 e. The molecule has 0 bridgehead atoms. The smallest absolute Gasteiger partial charge is 0.0595 e. The number of hydrogen-bond acceptors (Lipinski definition) is 1. The minimum Gasteiger partial charge on any atom is -0.307 e. The molecule has 2 aromatic rings. The maximum atomic E-state index is 6.23. The predicted octanol–water partition coefficient (Wildman–Crippen LogP) is 5.65. The lowest BCUT2D eigenvalue weighted by molar-refractivity contribution is 0.630. The second-order valence-corrected chi connectivity index (χ2v) is 5.89. The van der Waals surface area contributed by atoms with Crippen molar-refractivity contribution in [2.24, 2.45) is 0 Å². The molecule has 1 unspecified atom stereocenters. The summed E-state index contributed by atoms with van der Waals surface area (Å²) in [6.45, 7) is 4.91. The van der Waals surface area contributed by atoms with Gasteiger partial charge < -0.3 is 5.32 Å². The van der Waals surface area contributed by atoms with Crippen molar-refractivity contribution in [1.29, 1.82) is 0 Å². The van der Waals surface area contributed by atoms with Crippen LogP contribution in [0.15, 0.2) is 36.4 Å². The number of rotatable bonds is 4. The van der Waals surface area contributed by atoms with Gasteiger partial charge in [0.2, 0.25) is 0 Å². The number of aryl methyl sites for hydroxylation is 1. The van der Waals surface area contributed by atoms with E-state index in [-0.39, 0.29) is 6.04 Å². The van der Waals surface area contributed by atoms with Gasteiger partial charge in [0.1, 0.15) is 0 Å². The number of nitrogens with one attached hydrogen (secondary N) is 1. The van der Waals surface area contributed by atoms with E-state index in [4.69, 9.17) is 34.8 Å². The molecule has 1 N–H and O–H groups in total. The van der Waals surface area contributed by atoms with Gasteiger partial charge in [0, 0.05) is 5.02 Å². The number of benzene rings is 2. The van der Waals surface area contributed by atoms with Crippen molar-refractivity contribution in [3.8, 4) is 0 Å². The first-order valence-electron chi connectivity index (χ1n) is 6.47. The third-order valence-corrected chi connectivity index (χ3v) is 4.36.